The molecule has 1 amide bonds. The summed E-state index contributed by atoms with van der Waals surface area (Å²) < 4.78 is 4.11. The van der Waals surface area contributed by atoms with Crippen molar-refractivity contribution < 1.29 is 29.6 Å². The molecule has 0 aromatic heterocycles. The van der Waals surface area contributed by atoms with Crippen molar-refractivity contribution in [3.8, 4) is 0 Å². The molecule has 8 heteroatoms. The zero-order valence-electron chi connectivity index (χ0n) is 16.9. The van der Waals surface area contributed by atoms with E-state index in [4.69, 9.17) is 0 Å². The summed E-state index contributed by atoms with van der Waals surface area (Å²) in [5.41, 5.74) is 1.06. The van der Waals surface area contributed by atoms with E-state index in [1.165, 1.54) is 18.1 Å². The van der Waals surface area contributed by atoms with Gasteiger partial charge in [0.2, 0.25) is 0 Å². The second-order valence-corrected chi connectivity index (χ2v) is 9.45. The quantitative estimate of drug-likeness (QED) is 0.436. The summed E-state index contributed by atoms with van der Waals surface area (Å²) in [6, 6.07) is 9.29. The molecule has 0 aliphatic carbocycles. The van der Waals surface area contributed by atoms with E-state index >= 15 is 0 Å². The number of thioether (sulfide) groups is 1. The average molecular weight is 424 g/mol. The van der Waals surface area contributed by atoms with Crippen molar-refractivity contribution in [1.82, 2.24) is 4.90 Å². The Hall–Kier alpha value is -2.03. The molecule has 0 spiro atoms. The highest BCUT2D eigenvalue weighted by atomic mass is 32.2. The molecule has 29 heavy (non-hydrogen) atoms. The zero-order chi connectivity index (χ0) is 21.6. The van der Waals surface area contributed by atoms with Gasteiger partial charge in [-0.1, -0.05) is 42.5 Å². The molecule has 4 atom stereocenters. The van der Waals surface area contributed by atoms with E-state index in [0.29, 0.717) is 6.42 Å². The minimum Gasteiger partial charge on any atom is -0.469 e. The van der Waals surface area contributed by atoms with Crippen molar-refractivity contribution in [3.05, 3.63) is 48.0 Å². The lowest BCUT2D eigenvalue weighted by Gasteiger charge is -2.28. The Labute approximate surface area is 175 Å². The first-order valence-electron chi connectivity index (χ1n) is 9.48. The van der Waals surface area contributed by atoms with Gasteiger partial charge in [0.1, 0.15) is 0 Å². The van der Waals surface area contributed by atoms with Gasteiger partial charge in [0.15, 0.2) is 0 Å². The highest BCUT2D eigenvalue weighted by molar-refractivity contribution is 8.01. The van der Waals surface area contributed by atoms with Crippen LogP contribution in [-0.4, -0.2) is 67.8 Å². The van der Waals surface area contributed by atoms with E-state index in [2.05, 4.69) is 4.74 Å². The van der Waals surface area contributed by atoms with E-state index in [1.807, 2.05) is 44.2 Å². The molecule has 3 N–H and O–H groups in total. The van der Waals surface area contributed by atoms with Crippen molar-refractivity contribution in [2.24, 2.45) is 0 Å². The van der Waals surface area contributed by atoms with E-state index in [-0.39, 0.29) is 18.2 Å². The average Bonchev–Trinajstić information content (AvgIpc) is 2.89. The fraction of sp³-hybridized carbons (Fsp3) is 0.524. The molecule has 0 radical (unpaired) electrons. The van der Waals surface area contributed by atoms with Crippen LogP contribution in [0.25, 0.3) is 0 Å². The molecule has 1 aliphatic heterocycles. The highest BCUT2D eigenvalue weighted by Crippen LogP contribution is 2.46. The van der Waals surface area contributed by atoms with Crippen LogP contribution in [0, 0.1) is 0 Å². The Morgan fingerprint density at radius 2 is 1.93 bits per heavy atom. The number of rotatable bonds is 8. The Morgan fingerprint density at radius 1 is 1.28 bits per heavy atom. The van der Waals surface area contributed by atoms with Crippen LogP contribution in [-0.2, 0) is 16.0 Å². The van der Waals surface area contributed by atoms with Crippen LogP contribution in [0.2, 0.25) is 0 Å². The van der Waals surface area contributed by atoms with E-state index in [0.717, 1.165) is 5.56 Å². The van der Waals surface area contributed by atoms with Crippen molar-refractivity contribution in [3.63, 3.8) is 0 Å². The fourth-order valence-electron chi connectivity index (χ4n) is 3.46. The number of aliphatic hydroxyl groups excluding tert-OH is 2. The van der Waals surface area contributed by atoms with Gasteiger partial charge in [-0.3, -0.25) is 9.69 Å². The molecule has 0 bridgehead atoms. The largest absolute Gasteiger partial charge is 0.469 e. The monoisotopic (exact) mass is 423 g/mol. The van der Waals surface area contributed by atoms with Gasteiger partial charge in [0, 0.05) is 17.6 Å². The molecule has 1 fully saturated rings. The van der Waals surface area contributed by atoms with Gasteiger partial charge in [-0.05, 0) is 19.4 Å². The molecule has 1 unspecified atom stereocenters. The molecule has 2 rings (SSSR count). The number of nitrogens with zero attached hydrogens (tertiary/aromatic N) is 1. The fourth-order valence-corrected chi connectivity index (χ4v) is 5.11. The van der Waals surface area contributed by atoms with E-state index in [1.54, 1.807) is 17.8 Å². The Kier molecular flexibility index (Phi) is 8.13. The first-order valence-corrected chi connectivity index (χ1v) is 10.4. The molecule has 0 saturated carbocycles. The molecule has 1 heterocycles. The summed E-state index contributed by atoms with van der Waals surface area (Å²) >= 11 is 1.59. The Bertz CT molecular complexity index is 723. The van der Waals surface area contributed by atoms with Gasteiger partial charge >= 0.3 is 12.1 Å². The van der Waals surface area contributed by atoms with Crippen LogP contribution >= 0.6 is 11.8 Å². The molecule has 1 aromatic rings. The number of amides is 1. The number of ether oxygens (including phenoxy) is 1. The third-order valence-electron chi connectivity index (χ3n) is 4.90. The maximum atomic E-state index is 12.0. The number of carbonyl (C=O) groups is 2. The van der Waals surface area contributed by atoms with Crippen LogP contribution in [0.3, 0.4) is 0 Å². The van der Waals surface area contributed by atoms with Gasteiger partial charge in [-0.15, -0.1) is 11.8 Å². The topological polar surface area (TPSA) is 107 Å². The standard InChI is InChI=1S/C21H29NO6S/c1-21(2)17(10-9-15(23)12-16(24)13-19(25)28-3)22(20(26)27)18(29-21)11-14-7-5-4-6-8-14/h4-10,15-18,23-24H,11-13H2,1-3H3,(H,26,27)/b10-9+/t15-,16-,17+,18?/m1/s1. The predicted octanol–water partition coefficient (Wildman–Crippen LogP) is 2.66. The Morgan fingerprint density at radius 3 is 2.52 bits per heavy atom. The van der Waals surface area contributed by atoms with Crippen molar-refractivity contribution >= 4 is 23.8 Å². The second-order valence-electron chi connectivity index (χ2n) is 7.62. The van der Waals surface area contributed by atoms with Crippen molar-refractivity contribution in [2.45, 2.75) is 61.5 Å². The summed E-state index contributed by atoms with van der Waals surface area (Å²) in [6.07, 6.45) is 0.480. The maximum Gasteiger partial charge on any atom is 0.408 e. The Balaban J connectivity index is 2.09. The summed E-state index contributed by atoms with van der Waals surface area (Å²) in [6.45, 7) is 3.96. The lowest BCUT2D eigenvalue weighted by atomic mass is 9.99. The molecule has 160 valence electrons. The van der Waals surface area contributed by atoms with Gasteiger partial charge in [0.25, 0.3) is 0 Å². The number of hydrogen-bond donors (Lipinski definition) is 3. The number of aliphatic hydroxyl groups is 2. The van der Waals surface area contributed by atoms with E-state index < -0.39 is 35.1 Å². The van der Waals surface area contributed by atoms with Crippen molar-refractivity contribution in [2.75, 3.05) is 7.11 Å². The molecule has 1 aromatic carbocycles. The first-order chi connectivity index (χ1) is 13.6. The van der Waals surface area contributed by atoms with Crippen LogP contribution in [0.5, 0.6) is 0 Å². The van der Waals surface area contributed by atoms with Crippen LogP contribution in [0.15, 0.2) is 42.5 Å². The lowest BCUT2D eigenvalue weighted by Crippen LogP contribution is -2.44. The van der Waals surface area contributed by atoms with Gasteiger partial charge in [-0.25, -0.2) is 4.79 Å². The van der Waals surface area contributed by atoms with Gasteiger partial charge in [-0.2, -0.15) is 0 Å². The predicted molar refractivity (Wildman–Crippen MR) is 112 cm³/mol. The normalized spacial score (nSPS) is 23.1. The minimum absolute atomic E-state index is 0.0353. The molecule has 1 aliphatic rings. The number of hydrogen-bond acceptors (Lipinski definition) is 6. The van der Waals surface area contributed by atoms with Crippen LogP contribution < -0.4 is 0 Å². The molecule has 7 nitrogen and oxygen atoms in total. The molecule has 1 saturated heterocycles. The summed E-state index contributed by atoms with van der Waals surface area (Å²) in [7, 11) is 1.23. The van der Waals surface area contributed by atoms with Crippen LogP contribution in [0.1, 0.15) is 32.3 Å². The third-order valence-corrected chi connectivity index (χ3v) is 6.41. The van der Waals surface area contributed by atoms with Gasteiger partial charge < -0.3 is 20.1 Å². The summed E-state index contributed by atoms with van der Waals surface area (Å²) in [5.74, 6) is -0.553. The van der Waals surface area contributed by atoms with E-state index in [9.17, 15) is 24.9 Å². The van der Waals surface area contributed by atoms with Crippen molar-refractivity contribution in [1.29, 1.82) is 0 Å². The number of carboxylic acid groups (broad SMARTS) is 1. The summed E-state index contributed by atoms with van der Waals surface area (Å²) in [4.78, 5) is 24.6. The number of carbonyl (C=O) groups excluding carboxylic acids is 1. The van der Waals surface area contributed by atoms with Crippen LogP contribution in [0.4, 0.5) is 4.79 Å². The smallest absolute Gasteiger partial charge is 0.408 e. The second kappa shape index (κ2) is 10.1. The third kappa shape index (κ3) is 6.48. The number of benzene rings is 1. The maximum absolute atomic E-state index is 12.0. The lowest BCUT2D eigenvalue weighted by molar-refractivity contribution is -0.143. The number of methoxy groups -OCH3 is 1. The SMILES string of the molecule is COC(=O)C[C@H](O)C[C@H](O)/C=C/[C@@H]1N(C(=O)O)C(Cc2ccccc2)SC1(C)C. The van der Waals surface area contributed by atoms with Gasteiger partial charge in [0.05, 0.1) is 37.2 Å². The summed E-state index contributed by atoms with van der Waals surface area (Å²) in [5, 5.41) is 29.6. The highest BCUT2D eigenvalue weighted by Gasteiger charge is 2.48. The molecular weight excluding hydrogens is 394 g/mol. The number of esters is 1. The first kappa shape index (κ1) is 23.3. The minimum atomic E-state index is -1.03. The molecular formula is C21H29NO6S. The zero-order valence-corrected chi connectivity index (χ0v) is 17.7.